The largest absolute Gasteiger partial charge is 0.324 e. The molecule has 3 nitrogen and oxygen atoms in total. The molecule has 1 aliphatic rings. The van der Waals surface area contributed by atoms with Crippen molar-refractivity contribution >= 4 is 62.3 Å². The molecule has 0 aromatic heterocycles. The van der Waals surface area contributed by atoms with Gasteiger partial charge in [0, 0.05) is 16.9 Å². The lowest BCUT2D eigenvalue weighted by atomic mass is 9.95. The lowest BCUT2D eigenvalue weighted by molar-refractivity contribution is -0.121. The predicted molar refractivity (Wildman–Crippen MR) is 112 cm³/mol. The summed E-state index contributed by atoms with van der Waals surface area (Å²) in [7, 11) is 0. The number of nitrogens with one attached hydrogen (secondary N) is 1. The van der Waals surface area contributed by atoms with Gasteiger partial charge in [0.1, 0.15) is 0 Å². The number of benzene rings is 2. The number of nitrogens with zero attached hydrogens (tertiary/aromatic N) is 1. The third kappa shape index (κ3) is 5.14. The van der Waals surface area contributed by atoms with Gasteiger partial charge in [-0.1, -0.05) is 62.9 Å². The maximum atomic E-state index is 12.6. The van der Waals surface area contributed by atoms with Crippen LogP contribution in [0.5, 0.6) is 0 Å². The van der Waals surface area contributed by atoms with E-state index in [2.05, 4.69) is 38.3 Å². The van der Waals surface area contributed by atoms with E-state index in [4.69, 9.17) is 34.8 Å². The molecule has 1 fully saturated rings. The average Bonchev–Trinajstić information content (AvgIpc) is 2.60. The van der Waals surface area contributed by atoms with Gasteiger partial charge in [-0.15, -0.1) is 0 Å². The van der Waals surface area contributed by atoms with E-state index >= 15 is 0 Å². The summed E-state index contributed by atoms with van der Waals surface area (Å²) in [5, 5.41) is 4.01. The summed E-state index contributed by atoms with van der Waals surface area (Å²) in [4.78, 5) is 14.9. The van der Waals surface area contributed by atoms with Crippen LogP contribution in [0.4, 0.5) is 5.69 Å². The highest BCUT2D eigenvalue weighted by molar-refractivity contribution is 9.10. The van der Waals surface area contributed by atoms with Crippen molar-refractivity contribution in [1.29, 1.82) is 0 Å². The molecule has 0 radical (unpaired) electrons. The predicted octanol–water partition coefficient (Wildman–Crippen LogP) is 6.26. The van der Waals surface area contributed by atoms with E-state index in [1.807, 2.05) is 12.1 Å². The van der Waals surface area contributed by atoms with Gasteiger partial charge in [-0.3, -0.25) is 9.69 Å². The summed E-state index contributed by atoms with van der Waals surface area (Å²) in [6.07, 6.45) is 1.64. The van der Waals surface area contributed by atoms with Gasteiger partial charge in [0.25, 0.3) is 0 Å². The quantitative estimate of drug-likeness (QED) is 0.528. The van der Waals surface area contributed by atoms with E-state index in [1.54, 1.807) is 12.1 Å². The number of hydrogen-bond acceptors (Lipinski definition) is 2. The van der Waals surface area contributed by atoms with Gasteiger partial charge < -0.3 is 5.32 Å². The summed E-state index contributed by atoms with van der Waals surface area (Å²) in [5.74, 6) is -0.0494. The Labute approximate surface area is 176 Å². The second-order valence-corrected chi connectivity index (χ2v) is 8.55. The van der Waals surface area contributed by atoms with Crippen molar-refractivity contribution in [2.45, 2.75) is 19.4 Å². The van der Waals surface area contributed by atoms with E-state index in [-0.39, 0.29) is 11.8 Å². The smallest absolute Gasteiger partial charge is 0.227 e. The number of amides is 1. The zero-order valence-corrected chi connectivity index (χ0v) is 17.8. The monoisotopic (exact) mass is 474 g/mol. The Hall–Kier alpha value is -0.780. The number of carbonyl (C=O) groups is 1. The van der Waals surface area contributed by atoms with Gasteiger partial charge in [-0.2, -0.15) is 0 Å². The molecule has 0 aliphatic carbocycles. The number of hydrogen-bond donors (Lipinski definition) is 1. The Morgan fingerprint density at radius 3 is 2.46 bits per heavy atom. The third-order valence-electron chi connectivity index (χ3n) is 4.52. The van der Waals surface area contributed by atoms with Crippen LogP contribution in [0.1, 0.15) is 18.4 Å². The van der Waals surface area contributed by atoms with Gasteiger partial charge in [0.2, 0.25) is 5.91 Å². The first-order valence-electron chi connectivity index (χ1n) is 8.34. The van der Waals surface area contributed by atoms with Crippen LogP contribution in [-0.4, -0.2) is 23.9 Å². The Kier molecular flexibility index (Phi) is 6.87. The lowest BCUT2D eigenvalue weighted by Crippen LogP contribution is -2.37. The maximum Gasteiger partial charge on any atom is 0.227 e. The molecule has 1 amide bonds. The normalized spacial score (nSPS) is 15.8. The number of carbonyl (C=O) groups excluding carboxylic acids is 1. The van der Waals surface area contributed by atoms with Crippen molar-refractivity contribution in [3.8, 4) is 0 Å². The molecule has 138 valence electrons. The first-order valence-corrected chi connectivity index (χ1v) is 10.3. The molecule has 2 aromatic rings. The van der Waals surface area contributed by atoms with Crippen molar-refractivity contribution in [2.75, 3.05) is 18.4 Å². The van der Waals surface area contributed by atoms with Crippen molar-refractivity contribution < 1.29 is 4.79 Å². The molecule has 7 heteroatoms. The van der Waals surface area contributed by atoms with Crippen LogP contribution in [-0.2, 0) is 11.3 Å². The second kappa shape index (κ2) is 8.94. The highest BCUT2D eigenvalue weighted by Crippen LogP contribution is 2.33. The first kappa shape index (κ1) is 20.0. The zero-order valence-electron chi connectivity index (χ0n) is 13.9. The van der Waals surface area contributed by atoms with Crippen LogP contribution >= 0.6 is 50.7 Å². The molecule has 0 saturated carbocycles. The second-order valence-electron chi connectivity index (χ2n) is 6.42. The molecule has 1 saturated heterocycles. The Morgan fingerprint density at radius 1 is 1.08 bits per heavy atom. The van der Waals surface area contributed by atoms with E-state index in [0.29, 0.717) is 20.8 Å². The summed E-state index contributed by atoms with van der Waals surface area (Å²) in [5.41, 5.74) is 1.77. The maximum absolute atomic E-state index is 12.6. The number of halogens is 4. The number of piperidine rings is 1. The standard InChI is InChI=1S/C19H18BrCl3N2O/c20-14-3-1-2-12(8-14)11-25-6-4-13(5-7-25)19(26)24-18-10-16(22)15(21)9-17(18)23/h1-3,8-10,13H,4-7,11H2,(H,24,26). The SMILES string of the molecule is O=C(Nc1cc(Cl)c(Cl)cc1Cl)C1CCN(Cc2cccc(Br)c2)CC1. The van der Waals surface area contributed by atoms with E-state index < -0.39 is 0 Å². The lowest BCUT2D eigenvalue weighted by Gasteiger charge is -2.31. The molecular formula is C19H18BrCl3N2O. The fraction of sp³-hybridized carbons (Fsp3) is 0.316. The van der Waals surface area contributed by atoms with Crippen LogP contribution in [0.2, 0.25) is 15.1 Å². The number of rotatable bonds is 4. The summed E-state index contributed by atoms with van der Waals surface area (Å²) in [6, 6.07) is 11.4. The third-order valence-corrected chi connectivity index (χ3v) is 6.05. The van der Waals surface area contributed by atoms with Crippen molar-refractivity contribution in [2.24, 2.45) is 5.92 Å². The van der Waals surface area contributed by atoms with Crippen LogP contribution in [0.3, 0.4) is 0 Å². The highest BCUT2D eigenvalue weighted by Gasteiger charge is 2.25. The van der Waals surface area contributed by atoms with E-state index in [9.17, 15) is 4.79 Å². The molecule has 0 bridgehead atoms. The average molecular weight is 477 g/mol. The van der Waals surface area contributed by atoms with Crippen LogP contribution in [0, 0.1) is 5.92 Å². The van der Waals surface area contributed by atoms with Crippen molar-refractivity contribution in [3.05, 3.63) is 61.5 Å². The Morgan fingerprint density at radius 2 is 1.77 bits per heavy atom. The molecule has 0 spiro atoms. The first-order chi connectivity index (χ1) is 12.4. The Balaban J connectivity index is 1.54. The molecular weight excluding hydrogens is 458 g/mol. The molecule has 1 heterocycles. The van der Waals surface area contributed by atoms with E-state index in [0.717, 1.165) is 36.9 Å². The number of likely N-dealkylation sites (tertiary alicyclic amines) is 1. The minimum absolute atomic E-state index is 0.0209. The van der Waals surface area contributed by atoms with Gasteiger partial charge >= 0.3 is 0 Å². The fourth-order valence-electron chi connectivity index (χ4n) is 3.10. The molecule has 0 atom stereocenters. The van der Waals surface area contributed by atoms with Crippen molar-refractivity contribution in [3.63, 3.8) is 0 Å². The Bertz CT molecular complexity index is 807. The van der Waals surface area contributed by atoms with Gasteiger partial charge in [-0.25, -0.2) is 0 Å². The van der Waals surface area contributed by atoms with Crippen LogP contribution in [0.15, 0.2) is 40.9 Å². The van der Waals surface area contributed by atoms with Gasteiger partial charge in [0.05, 0.1) is 20.8 Å². The topological polar surface area (TPSA) is 32.3 Å². The van der Waals surface area contributed by atoms with Gasteiger partial charge in [-0.05, 0) is 55.8 Å². The zero-order chi connectivity index (χ0) is 18.7. The molecule has 0 unspecified atom stereocenters. The van der Waals surface area contributed by atoms with E-state index in [1.165, 1.54) is 5.56 Å². The summed E-state index contributed by atoms with van der Waals surface area (Å²) < 4.78 is 1.09. The van der Waals surface area contributed by atoms with Crippen molar-refractivity contribution in [1.82, 2.24) is 4.90 Å². The molecule has 3 rings (SSSR count). The van der Waals surface area contributed by atoms with Crippen LogP contribution in [0.25, 0.3) is 0 Å². The summed E-state index contributed by atoms with van der Waals surface area (Å²) in [6.45, 7) is 2.67. The fourth-order valence-corrected chi connectivity index (χ4v) is 4.14. The summed E-state index contributed by atoms with van der Waals surface area (Å²) >= 11 is 21.6. The van der Waals surface area contributed by atoms with Crippen LogP contribution < -0.4 is 5.32 Å². The molecule has 1 N–H and O–H groups in total. The molecule has 26 heavy (non-hydrogen) atoms. The molecule has 2 aromatic carbocycles. The molecule has 1 aliphatic heterocycles. The highest BCUT2D eigenvalue weighted by atomic mass is 79.9. The minimum Gasteiger partial charge on any atom is -0.324 e. The number of anilines is 1. The van der Waals surface area contributed by atoms with Gasteiger partial charge in [0.15, 0.2) is 0 Å². The minimum atomic E-state index is -0.0284.